The Balaban J connectivity index is 1.80. The highest BCUT2D eigenvalue weighted by molar-refractivity contribution is 5.48. The molecule has 21 heavy (non-hydrogen) atoms. The number of alkyl halides is 3. The van der Waals surface area contributed by atoms with Crippen LogP contribution in [0.15, 0.2) is 18.3 Å². The van der Waals surface area contributed by atoms with E-state index in [0.29, 0.717) is 25.0 Å². The van der Waals surface area contributed by atoms with E-state index >= 15 is 0 Å². The molecule has 3 nitrogen and oxygen atoms in total. The minimum Gasteiger partial charge on any atom is -0.356 e. The third-order valence-corrected chi connectivity index (χ3v) is 4.52. The largest absolute Gasteiger partial charge is 0.419 e. The number of nitrogens with zero attached hydrogens (tertiary/aromatic N) is 2. The van der Waals surface area contributed by atoms with Gasteiger partial charge in [0.05, 0.1) is 5.56 Å². The molecular formula is C15H20F3N3. The minimum atomic E-state index is -4.35. The summed E-state index contributed by atoms with van der Waals surface area (Å²) in [5.74, 6) is 0.511. The molecule has 0 saturated carbocycles. The number of nitrogens with one attached hydrogen (secondary N) is 1. The van der Waals surface area contributed by atoms with Crippen molar-refractivity contribution < 1.29 is 13.2 Å². The number of hydrogen-bond donors (Lipinski definition) is 1. The highest BCUT2D eigenvalue weighted by Gasteiger charge is 2.37. The van der Waals surface area contributed by atoms with Gasteiger partial charge < -0.3 is 10.2 Å². The van der Waals surface area contributed by atoms with Crippen molar-refractivity contribution in [2.24, 2.45) is 5.92 Å². The van der Waals surface area contributed by atoms with Gasteiger partial charge in [-0.05, 0) is 50.3 Å². The fraction of sp³-hybridized carbons (Fsp3) is 0.667. The molecule has 3 heterocycles. The molecule has 2 unspecified atom stereocenters. The molecule has 2 saturated heterocycles. The Morgan fingerprint density at radius 3 is 2.81 bits per heavy atom. The highest BCUT2D eigenvalue weighted by atomic mass is 19.4. The maximum Gasteiger partial charge on any atom is 0.419 e. The van der Waals surface area contributed by atoms with Gasteiger partial charge in [0.2, 0.25) is 0 Å². The molecule has 0 amide bonds. The Labute approximate surface area is 122 Å². The number of hydrogen-bond acceptors (Lipinski definition) is 3. The predicted octanol–water partition coefficient (Wildman–Crippen LogP) is 3.07. The van der Waals surface area contributed by atoms with Gasteiger partial charge in [0.1, 0.15) is 5.82 Å². The van der Waals surface area contributed by atoms with E-state index in [1.165, 1.54) is 18.7 Å². The third-order valence-electron chi connectivity index (χ3n) is 4.52. The van der Waals surface area contributed by atoms with Crippen LogP contribution < -0.4 is 10.2 Å². The zero-order valence-corrected chi connectivity index (χ0v) is 11.9. The summed E-state index contributed by atoms with van der Waals surface area (Å²) in [5, 5.41) is 3.47. The van der Waals surface area contributed by atoms with Crippen molar-refractivity contribution in [3.05, 3.63) is 23.9 Å². The molecule has 0 radical (unpaired) electrons. The molecule has 2 atom stereocenters. The molecular weight excluding hydrogens is 279 g/mol. The predicted molar refractivity (Wildman–Crippen MR) is 75.2 cm³/mol. The monoisotopic (exact) mass is 299 g/mol. The van der Waals surface area contributed by atoms with Crippen molar-refractivity contribution in [2.45, 2.75) is 37.9 Å². The Morgan fingerprint density at radius 1 is 1.24 bits per heavy atom. The normalized spacial score (nSPS) is 27.1. The van der Waals surface area contributed by atoms with Crippen molar-refractivity contribution in [1.82, 2.24) is 10.3 Å². The van der Waals surface area contributed by atoms with E-state index in [1.54, 1.807) is 0 Å². The van der Waals surface area contributed by atoms with Crippen LogP contribution in [0.1, 0.15) is 31.2 Å². The highest BCUT2D eigenvalue weighted by Crippen LogP contribution is 2.37. The molecule has 1 aromatic heterocycles. The van der Waals surface area contributed by atoms with Crippen molar-refractivity contribution in [2.75, 3.05) is 24.5 Å². The Hall–Kier alpha value is -1.30. The molecule has 2 aliphatic rings. The van der Waals surface area contributed by atoms with Crippen LogP contribution in [-0.4, -0.2) is 30.7 Å². The van der Waals surface area contributed by atoms with E-state index < -0.39 is 11.7 Å². The van der Waals surface area contributed by atoms with E-state index in [2.05, 4.69) is 10.3 Å². The fourth-order valence-corrected chi connectivity index (χ4v) is 3.51. The smallest absolute Gasteiger partial charge is 0.356 e. The summed E-state index contributed by atoms with van der Waals surface area (Å²) in [5.41, 5.74) is -0.620. The molecule has 0 aromatic carbocycles. The lowest BCUT2D eigenvalue weighted by Crippen LogP contribution is -2.44. The molecule has 6 heteroatoms. The number of rotatable bonds is 2. The van der Waals surface area contributed by atoms with Crippen LogP contribution >= 0.6 is 0 Å². The molecule has 1 N–H and O–H groups in total. The molecule has 2 fully saturated rings. The van der Waals surface area contributed by atoms with Crippen molar-refractivity contribution >= 4 is 5.82 Å². The van der Waals surface area contributed by atoms with Crippen LogP contribution in [-0.2, 0) is 6.18 Å². The standard InChI is InChI=1S/C15H20F3N3/c16-15(17,18)12-5-1-8-20-14(12)21-9-3-4-11(10-21)13-6-2-7-19-13/h1,5,8,11,13,19H,2-4,6-7,9-10H2. The van der Waals surface area contributed by atoms with Crippen molar-refractivity contribution in [3.63, 3.8) is 0 Å². The maximum atomic E-state index is 13.1. The third kappa shape index (κ3) is 3.15. The van der Waals surface area contributed by atoms with E-state index in [4.69, 9.17) is 0 Å². The van der Waals surface area contributed by atoms with Crippen LogP contribution in [0, 0.1) is 5.92 Å². The average molecular weight is 299 g/mol. The molecule has 2 aliphatic heterocycles. The molecule has 1 aromatic rings. The maximum absolute atomic E-state index is 13.1. The summed E-state index contributed by atoms with van der Waals surface area (Å²) in [7, 11) is 0. The van der Waals surface area contributed by atoms with Crippen LogP contribution in [0.4, 0.5) is 19.0 Å². The first-order valence-electron chi connectivity index (χ1n) is 7.56. The zero-order valence-electron chi connectivity index (χ0n) is 11.9. The summed E-state index contributed by atoms with van der Waals surface area (Å²) in [6, 6.07) is 2.93. The summed E-state index contributed by atoms with van der Waals surface area (Å²) < 4.78 is 39.4. The quantitative estimate of drug-likeness (QED) is 0.909. The molecule has 0 spiro atoms. The molecule has 116 valence electrons. The zero-order chi connectivity index (χ0) is 14.9. The number of aromatic nitrogens is 1. The number of halogens is 3. The number of anilines is 1. The van der Waals surface area contributed by atoms with E-state index in [0.717, 1.165) is 31.9 Å². The van der Waals surface area contributed by atoms with Gasteiger partial charge in [-0.1, -0.05) is 0 Å². The summed E-state index contributed by atoms with van der Waals surface area (Å²) in [4.78, 5) is 5.83. The van der Waals surface area contributed by atoms with Crippen LogP contribution in [0.3, 0.4) is 0 Å². The van der Waals surface area contributed by atoms with Gasteiger partial charge in [-0.25, -0.2) is 4.98 Å². The van der Waals surface area contributed by atoms with Gasteiger partial charge >= 0.3 is 6.18 Å². The molecule has 0 aliphatic carbocycles. The van der Waals surface area contributed by atoms with Crippen molar-refractivity contribution in [1.29, 1.82) is 0 Å². The first kappa shape index (κ1) is 14.6. The second kappa shape index (κ2) is 5.83. The van der Waals surface area contributed by atoms with Crippen LogP contribution in [0.25, 0.3) is 0 Å². The minimum absolute atomic E-state index is 0.0905. The lowest BCUT2D eigenvalue weighted by atomic mass is 9.89. The van der Waals surface area contributed by atoms with E-state index in [9.17, 15) is 13.2 Å². The van der Waals surface area contributed by atoms with Crippen molar-refractivity contribution in [3.8, 4) is 0 Å². The van der Waals surface area contributed by atoms with Crippen LogP contribution in [0.2, 0.25) is 0 Å². The van der Waals surface area contributed by atoms with E-state index in [1.807, 2.05) is 4.90 Å². The van der Waals surface area contributed by atoms with Gasteiger partial charge in [0.15, 0.2) is 0 Å². The van der Waals surface area contributed by atoms with Gasteiger partial charge in [0, 0.05) is 25.3 Å². The molecule has 0 bridgehead atoms. The van der Waals surface area contributed by atoms with Gasteiger partial charge in [0.25, 0.3) is 0 Å². The lowest BCUT2D eigenvalue weighted by molar-refractivity contribution is -0.137. The van der Waals surface area contributed by atoms with Gasteiger partial charge in [-0.3, -0.25) is 0 Å². The Morgan fingerprint density at radius 2 is 2.10 bits per heavy atom. The summed E-state index contributed by atoms with van der Waals surface area (Å²) in [6.07, 6.45) is 1.41. The number of piperidine rings is 1. The fourth-order valence-electron chi connectivity index (χ4n) is 3.51. The van der Waals surface area contributed by atoms with Gasteiger partial charge in [-0.15, -0.1) is 0 Å². The SMILES string of the molecule is FC(F)(F)c1cccnc1N1CCCC(C2CCCN2)C1. The average Bonchev–Trinajstić information content (AvgIpc) is 3.01. The van der Waals surface area contributed by atoms with E-state index in [-0.39, 0.29) is 5.82 Å². The second-order valence-electron chi connectivity index (χ2n) is 5.92. The Bertz CT molecular complexity index is 483. The topological polar surface area (TPSA) is 28.2 Å². The first-order chi connectivity index (χ1) is 10.1. The summed E-state index contributed by atoms with van der Waals surface area (Å²) in [6.45, 7) is 2.35. The Kier molecular flexibility index (Phi) is 4.06. The summed E-state index contributed by atoms with van der Waals surface area (Å²) >= 11 is 0. The second-order valence-corrected chi connectivity index (χ2v) is 5.92. The van der Waals surface area contributed by atoms with Gasteiger partial charge in [-0.2, -0.15) is 13.2 Å². The first-order valence-corrected chi connectivity index (χ1v) is 7.56. The number of pyridine rings is 1. The lowest BCUT2D eigenvalue weighted by Gasteiger charge is -2.37. The van der Waals surface area contributed by atoms with Crippen LogP contribution in [0.5, 0.6) is 0 Å². The molecule has 3 rings (SSSR count).